The minimum Gasteiger partial charge on any atom is -0.339 e. The minimum atomic E-state index is 0.212. The molecule has 25 heavy (non-hydrogen) atoms. The van der Waals surface area contributed by atoms with E-state index in [1.807, 2.05) is 11.9 Å². The second kappa shape index (κ2) is 8.61. The lowest BCUT2D eigenvalue weighted by molar-refractivity contribution is -0.132. The van der Waals surface area contributed by atoms with E-state index in [0.717, 1.165) is 39.3 Å². The van der Waals surface area contributed by atoms with E-state index >= 15 is 0 Å². The van der Waals surface area contributed by atoms with Gasteiger partial charge in [-0.25, -0.2) is 0 Å². The number of amides is 1. The van der Waals surface area contributed by atoms with Crippen LogP contribution in [0.15, 0.2) is 41.8 Å². The van der Waals surface area contributed by atoms with Crippen molar-refractivity contribution < 1.29 is 4.79 Å². The van der Waals surface area contributed by atoms with Gasteiger partial charge in [0.2, 0.25) is 5.91 Å². The van der Waals surface area contributed by atoms with Crippen molar-refractivity contribution in [3.63, 3.8) is 0 Å². The van der Waals surface area contributed by atoms with E-state index in [1.165, 1.54) is 16.0 Å². The molecule has 1 amide bonds. The Morgan fingerprint density at radius 3 is 2.40 bits per heavy atom. The summed E-state index contributed by atoms with van der Waals surface area (Å²) in [6.45, 7) is 8.33. The smallest absolute Gasteiger partial charge is 0.236 e. The monoisotopic (exact) mass is 357 g/mol. The zero-order valence-corrected chi connectivity index (χ0v) is 16.0. The van der Waals surface area contributed by atoms with Crippen molar-refractivity contribution in [1.82, 2.24) is 14.7 Å². The minimum absolute atomic E-state index is 0.212. The van der Waals surface area contributed by atoms with E-state index in [-0.39, 0.29) is 5.91 Å². The third-order valence-corrected chi connectivity index (χ3v) is 5.86. The van der Waals surface area contributed by atoms with Crippen molar-refractivity contribution in [2.24, 2.45) is 0 Å². The van der Waals surface area contributed by atoms with Crippen molar-refractivity contribution in [3.05, 3.63) is 57.8 Å². The Morgan fingerprint density at radius 1 is 1.08 bits per heavy atom. The number of carbonyl (C=O) groups is 1. The Morgan fingerprint density at radius 2 is 1.76 bits per heavy atom. The summed E-state index contributed by atoms with van der Waals surface area (Å²) < 4.78 is 0. The summed E-state index contributed by atoms with van der Waals surface area (Å²) in [7, 11) is 1.91. The van der Waals surface area contributed by atoms with Crippen LogP contribution < -0.4 is 0 Å². The van der Waals surface area contributed by atoms with Gasteiger partial charge in [-0.1, -0.05) is 30.3 Å². The maximum absolute atomic E-state index is 12.5. The van der Waals surface area contributed by atoms with E-state index in [4.69, 9.17) is 0 Å². The van der Waals surface area contributed by atoms with Crippen molar-refractivity contribution in [1.29, 1.82) is 0 Å². The molecule has 0 aliphatic carbocycles. The fourth-order valence-electron chi connectivity index (χ4n) is 3.13. The first-order chi connectivity index (χ1) is 12.1. The van der Waals surface area contributed by atoms with Gasteiger partial charge >= 0.3 is 0 Å². The third-order valence-electron chi connectivity index (χ3n) is 4.85. The maximum Gasteiger partial charge on any atom is 0.236 e. The number of likely N-dealkylation sites (N-methyl/N-ethyl adjacent to an activating group) is 1. The van der Waals surface area contributed by atoms with Gasteiger partial charge in [-0.05, 0) is 29.5 Å². The highest BCUT2D eigenvalue weighted by Gasteiger charge is 2.21. The van der Waals surface area contributed by atoms with Gasteiger partial charge in [0.25, 0.3) is 0 Å². The zero-order chi connectivity index (χ0) is 17.6. The second-order valence-electron chi connectivity index (χ2n) is 6.81. The molecule has 5 heteroatoms. The summed E-state index contributed by atoms with van der Waals surface area (Å²) in [5, 5.41) is 2.09. The van der Waals surface area contributed by atoms with Crippen molar-refractivity contribution in [2.75, 3.05) is 39.8 Å². The molecule has 0 unspecified atom stereocenters. The summed E-state index contributed by atoms with van der Waals surface area (Å²) in [5.41, 5.74) is 2.64. The number of carbonyl (C=O) groups excluding carboxylic acids is 1. The van der Waals surface area contributed by atoms with Crippen LogP contribution in [0, 0.1) is 6.92 Å². The van der Waals surface area contributed by atoms with Gasteiger partial charge in [0.15, 0.2) is 0 Å². The molecule has 3 rings (SSSR count). The molecule has 0 atom stereocenters. The lowest BCUT2D eigenvalue weighted by atomic mass is 10.2. The quantitative estimate of drug-likeness (QED) is 0.795. The number of hydrogen-bond acceptors (Lipinski definition) is 4. The predicted molar refractivity (Wildman–Crippen MR) is 104 cm³/mol. The number of benzene rings is 1. The summed E-state index contributed by atoms with van der Waals surface area (Å²) in [6.07, 6.45) is 0. The number of piperazine rings is 1. The molecule has 0 saturated carbocycles. The van der Waals surface area contributed by atoms with Gasteiger partial charge in [0, 0.05) is 44.6 Å². The molecule has 1 aromatic carbocycles. The Kier molecular flexibility index (Phi) is 6.24. The number of thiophene rings is 1. The zero-order valence-electron chi connectivity index (χ0n) is 15.1. The standard InChI is InChI=1S/C20H27N3OS/c1-17-8-13-25-19(17)15-21(2)20(24)16-23-11-9-22(10-12-23)14-18-6-4-3-5-7-18/h3-8,13H,9-12,14-16H2,1-2H3. The summed E-state index contributed by atoms with van der Waals surface area (Å²) in [5.74, 6) is 0.212. The second-order valence-corrected chi connectivity index (χ2v) is 7.82. The Labute approximate surface area is 154 Å². The molecule has 1 aromatic heterocycles. The van der Waals surface area contributed by atoms with Crippen LogP contribution in [-0.2, 0) is 17.9 Å². The number of nitrogens with zero attached hydrogens (tertiary/aromatic N) is 3. The van der Waals surface area contributed by atoms with Crippen LogP contribution in [0.2, 0.25) is 0 Å². The maximum atomic E-state index is 12.5. The molecule has 1 aliphatic heterocycles. The Balaban J connectivity index is 1.42. The lowest BCUT2D eigenvalue weighted by Gasteiger charge is -2.35. The normalized spacial score (nSPS) is 16.1. The fraction of sp³-hybridized carbons (Fsp3) is 0.450. The van der Waals surface area contributed by atoms with E-state index in [9.17, 15) is 4.79 Å². The highest BCUT2D eigenvalue weighted by atomic mass is 32.1. The van der Waals surface area contributed by atoms with Crippen LogP contribution >= 0.6 is 11.3 Å². The van der Waals surface area contributed by atoms with Gasteiger partial charge in [0.05, 0.1) is 13.1 Å². The Hall–Kier alpha value is -1.69. The SMILES string of the molecule is Cc1ccsc1CN(C)C(=O)CN1CCN(Cc2ccccc2)CC1. The van der Waals surface area contributed by atoms with Crippen LogP contribution in [-0.4, -0.2) is 60.4 Å². The molecule has 134 valence electrons. The molecule has 0 radical (unpaired) electrons. The van der Waals surface area contributed by atoms with Crippen molar-refractivity contribution in [3.8, 4) is 0 Å². The molecular weight excluding hydrogens is 330 g/mol. The first-order valence-electron chi connectivity index (χ1n) is 8.87. The number of hydrogen-bond donors (Lipinski definition) is 0. The van der Waals surface area contributed by atoms with Gasteiger partial charge in [0.1, 0.15) is 0 Å². The van der Waals surface area contributed by atoms with Crippen molar-refractivity contribution in [2.45, 2.75) is 20.0 Å². The molecule has 4 nitrogen and oxygen atoms in total. The molecule has 2 heterocycles. The van der Waals surface area contributed by atoms with E-state index < -0.39 is 0 Å². The first-order valence-corrected chi connectivity index (χ1v) is 9.75. The van der Waals surface area contributed by atoms with E-state index in [0.29, 0.717) is 6.54 Å². The lowest BCUT2D eigenvalue weighted by Crippen LogP contribution is -2.49. The molecule has 0 spiro atoms. The topological polar surface area (TPSA) is 26.8 Å². The first kappa shape index (κ1) is 18.1. The predicted octanol–water partition coefficient (Wildman–Crippen LogP) is 2.83. The van der Waals surface area contributed by atoms with Gasteiger partial charge in [-0.2, -0.15) is 0 Å². The summed E-state index contributed by atoms with van der Waals surface area (Å²) in [4.78, 5) is 20.4. The summed E-state index contributed by atoms with van der Waals surface area (Å²) in [6, 6.07) is 12.7. The van der Waals surface area contributed by atoms with Gasteiger partial charge < -0.3 is 4.90 Å². The molecule has 0 N–H and O–H groups in total. The van der Waals surface area contributed by atoms with Crippen LogP contribution in [0.1, 0.15) is 16.0 Å². The average molecular weight is 358 g/mol. The molecular formula is C20H27N3OS. The van der Waals surface area contributed by atoms with Crippen LogP contribution in [0.5, 0.6) is 0 Å². The largest absolute Gasteiger partial charge is 0.339 e. The molecule has 0 bridgehead atoms. The van der Waals surface area contributed by atoms with Crippen LogP contribution in [0.3, 0.4) is 0 Å². The van der Waals surface area contributed by atoms with E-state index in [1.54, 1.807) is 11.3 Å². The third kappa shape index (κ3) is 5.14. The van der Waals surface area contributed by atoms with Crippen LogP contribution in [0.4, 0.5) is 0 Å². The highest BCUT2D eigenvalue weighted by molar-refractivity contribution is 7.10. The molecule has 1 saturated heterocycles. The summed E-state index contributed by atoms with van der Waals surface area (Å²) >= 11 is 1.73. The molecule has 2 aromatic rings. The molecule has 1 fully saturated rings. The molecule has 1 aliphatic rings. The van der Waals surface area contributed by atoms with E-state index in [2.05, 4.69) is 58.5 Å². The highest BCUT2D eigenvalue weighted by Crippen LogP contribution is 2.17. The van der Waals surface area contributed by atoms with Gasteiger partial charge in [-0.15, -0.1) is 11.3 Å². The Bertz CT molecular complexity index is 677. The average Bonchev–Trinajstić information content (AvgIpc) is 3.02. The van der Waals surface area contributed by atoms with Gasteiger partial charge in [-0.3, -0.25) is 14.6 Å². The number of rotatable bonds is 6. The fourth-order valence-corrected chi connectivity index (χ4v) is 4.09. The van der Waals surface area contributed by atoms with Crippen molar-refractivity contribution >= 4 is 17.2 Å². The number of aryl methyl sites for hydroxylation is 1. The van der Waals surface area contributed by atoms with Crippen LogP contribution in [0.25, 0.3) is 0 Å².